The summed E-state index contributed by atoms with van der Waals surface area (Å²) in [7, 11) is 0. The summed E-state index contributed by atoms with van der Waals surface area (Å²) in [5.74, 6) is 0.539. The van der Waals surface area contributed by atoms with E-state index in [2.05, 4.69) is 43.0 Å². The first-order chi connectivity index (χ1) is 16.9. The Morgan fingerprint density at radius 1 is 1.26 bits per heavy atom. The number of aromatic amines is 2. The highest BCUT2D eigenvalue weighted by Gasteiger charge is 2.32. The summed E-state index contributed by atoms with van der Waals surface area (Å²) in [6.07, 6.45) is 10.4. The molecule has 0 bridgehead atoms. The number of aromatic nitrogens is 3. The third kappa shape index (κ3) is 4.65. The van der Waals surface area contributed by atoms with Crippen molar-refractivity contribution in [3.05, 3.63) is 35.5 Å². The van der Waals surface area contributed by atoms with Gasteiger partial charge in [-0.15, -0.1) is 0 Å². The Morgan fingerprint density at radius 3 is 2.80 bits per heavy atom. The number of rotatable bonds is 7. The van der Waals surface area contributed by atoms with Crippen molar-refractivity contribution in [2.75, 3.05) is 18.1 Å². The van der Waals surface area contributed by atoms with Gasteiger partial charge in [-0.25, -0.2) is 0 Å². The number of fused-ring (bicyclic) bond motifs is 2. The van der Waals surface area contributed by atoms with Gasteiger partial charge in [-0.1, -0.05) is 52.5 Å². The molecule has 6 heteroatoms. The van der Waals surface area contributed by atoms with Gasteiger partial charge < -0.3 is 15.0 Å². The fraction of sp³-hybridized carbons (Fsp3) is 0.586. The molecule has 1 aromatic carbocycles. The van der Waals surface area contributed by atoms with Gasteiger partial charge in [-0.3, -0.25) is 9.89 Å². The zero-order valence-electron chi connectivity index (χ0n) is 21.5. The molecular weight excluding hydrogens is 436 g/mol. The van der Waals surface area contributed by atoms with E-state index in [0.29, 0.717) is 17.9 Å². The van der Waals surface area contributed by atoms with E-state index in [4.69, 9.17) is 5.10 Å². The quantitative estimate of drug-likeness (QED) is 0.391. The van der Waals surface area contributed by atoms with Crippen molar-refractivity contribution in [1.29, 1.82) is 0 Å². The Bertz CT molecular complexity index is 1190. The van der Waals surface area contributed by atoms with E-state index in [-0.39, 0.29) is 18.4 Å². The summed E-state index contributed by atoms with van der Waals surface area (Å²) in [6.45, 7) is 6.98. The molecule has 2 aliphatic carbocycles. The monoisotopic (exact) mass is 476 g/mol. The van der Waals surface area contributed by atoms with Gasteiger partial charge in [0.25, 0.3) is 0 Å². The molecule has 35 heavy (non-hydrogen) atoms. The Hall–Kier alpha value is -2.60. The van der Waals surface area contributed by atoms with Crippen molar-refractivity contribution in [1.82, 2.24) is 15.2 Å². The van der Waals surface area contributed by atoms with Crippen molar-refractivity contribution in [2.24, 2.45) is 17.3 Å². The summed E-state index contributed by atoms with van der Waals surface area (Å²) in [6, 6.07) is 8.29. The number of H-pyrrole nitrogens is 2. The molecule has 6 nitrogen and oxygen atoms in total. The first-order valence-electron chi connectivity index (χ1n) is 13.5. The lowest BCUT2D eigenvalue weighted by Gasteiger charge is -2.32. The average molecular weight is 477 g/mol. The second kappa shape index (κ2) is 9.81. The molecule has 3 N–H and O–H groups in total. The van der Waals surface area contributed by atoms with Gasteiger partial charge in [0.15, 0.2) is 0 Å². The fourth-order valence-corrected chi connectivity index (χ4v) is 6.24. The summed E-state index contributed by atoms with van der Waals surface area (Å²) in [5.41, 5.74) is 6.83. The number of anilines is 1. The molecule has 1 fully saturated rings. The van der Waals surface area contributed by atoms with Gasteiger partial charge in [0.05, 0.1) is 12.3 Å². The van der Waals surface area contributed by atoms with Crippen LogP contribution in [0.2, 0.25) is 0 Å². The van der Waals surface area contributed by atoms with Gasteiger partial charge in [0, 0.05) is 40.3 Å². The maximum atomic E-state index is 13.5. The molecule has 5 rings (SSSR count). The molecule has 2 heterocycles. The molecule has 3 aromatic rings. The van der Waals surface area contributed by atoms with Crippen LogP contribution in [-0.2, 0) is 17.6 Å². The van der Waals surface area contributed by atoms with Gasteiger partial charge in [-0.05, 0) is 61.6 Å². The predicted molar refractivity (Wildman–Crippen MR) is 141 cm³/mol. The number of hydrogen-bond acceptors (Lipinski definition) is 3. The first kappa shape index (κ1) is 24.1. The zero-order valence-corrected chi connectivity index (χ0v) is 21.5. The van der Waals surface area contributed by atoms with Crippen LogP contribution in [0.1, 0.15) is 77.0 Å². The number of hydrogen-bond donors (Lipinski definition) is 3. The molecule has 2 atom stereocenters. The third-order valence-electron chi connectivity index (χ3n) is 8.90. The van der Waals surface area contributed by atoms with E-state index < -0.39 is 0 Å². The maximum absolute atomic E-state index is 13.5. The van der Waals surface area contributed by atoms with Crippen molar-refractivity contribution >= 4 is 22.5 Å². The number of benzene rings is 1. The summed E-state index contributed by atoms with van der Waals surface area (Å²) in [5, 5.41) is 18.9. The predicted octanol–water partition coefficient (Wildman–Crippen LogP) is 6.00. The fourth-order valence-electron chi connectivity index (χ4n) is 6.24. The topological polar surface area (TPSA) is 85.0 Å². The highest BCUT2D eigenvalue weighted by molar-refractivity contribution is 5.98. The molecule has 2 unspecified atom stereocenters. The number of carbonyl (C=O) groups excluding carboxylic acids is 1. The molecule has 0 radical (unpaired) electrons. The highest BCUT2D eigenvalue weighted by atomic mass is 16.3. The number of aliphatic hydroxyl groups is 1. The molecule has 0 aliphatic heterocycles. The lowest BCUT2D eigenvalue weighted by Crippen LogP contribution is -2.40. The van der Waals surface area contributed by atoms with Crippen LogP contribution in [0.5, 0.6) is 0 Å². The average Bonchev–Trinajstić information content (AvgIpc) is 3.49. The number of aliphatic hydroxyl groups excluding tert-OH is 1. The smallest absolute Gasteiger partial charge is 0.230 e. The van der Waals surface area contributed by atoms with E-state index in [1.807, 2.05) is 12.1 Å². The Kier molecular flexibility index (Phi) is 6.75. The number of nitrogens with zero attached hydrogens (tertiary/aromatic N) is 2. The van der Waals surface area contributed by atoms with Crippen LogP contribution in [-0.4, -0.2) is 39.3 Å². The maximum Gasteiger partial charge on any atom is 0.230 e. The number of nitrogens with one attached hydrogen (secondary N) is 2. The minimum absolute atomic E-state index is 0.0267. The van der Waals surface area contributed by atoms with E-state index in [9.17, 15) is 9.90 Å². The van der Waals surface area contributed by atoms with Crippen molar-refractivity contribution in [3.8, 4) is 11.4 Å². The number of amides is 1. The summed E-state index contributed by atoms with van der Waals surface area (Å²) < 4.78 is 0. The molecule has 2 aliphatic rings. The van der Waals surface area contributed by atoms with Crippen molar-refractivity contribution in [2.45, 2.75) is 78.6 Å². The summed E-state index contributed by atoms with van der Waals surface area (Å²) in [4.78, 5) is 18.8. The lowest BCUT2D eigenvalue weighted by atomic mass is 9.73. The second-order valence-corrected chi connectivity index (χ2v) is 11.2. The SMILES string of the molecule is CCC1(C)CCc2c(-c3cc4ccc(N(CCO)C(=O)C(C)C5CCCCC5)cc4[nH]3)n[nH]c2C1. The molecule has 2 aromatic heterocycles. The molecular formula is C29H40N4O2. The van der Waals surface area contributed by atoms with Crippen LogP contribution in [0, 0.1) is 17.3 Å². The molecule has 0 saturated heterocycles. The van der Waals surface area contributed by atoms with Crippen LogP contribution in [0.3, 0.4) is 0 Å². The van der Waals surface area contributed by atoms with Crippen molar-refractivity contribution in [3.63, 3.8) is 0 Å². The Morgan fingerprint density at radius 2 is 2.06 bits per heavy atom. The van der Waals surface area contributed by atoms with E-state index in [1.165, 1.54) is 43.4 Å². The van der Waals surface area contributed by atoms with E-state index in [1.54, 1.807) is 4.90 Å². The number of carbonyl (C=O) groups is 1. The second-order valence-electron chi connectivity index (χ2n) is 11.2. The summed E-state index contributed by atoms with van der Waals surface area (Å²) >= 11 is 0. The first-order valence-corrected chi connectivity index (χ1v) is 13.5. The van der Waals surface area contributed by atoms with E-state index in [0.717, 1.165) is 53.7 Å². The molecule has 188 valence electrons. The van der Waals surface area contributed by atoms with Gasteiger partial charge in [0.1, 0.15) is 5.69 Å². The Balaban J connectivity index is 1.42. The van der Waals surface area contributed by atoms with Crippen LogP contribution in [0.15, 0.2) is 24.3 Å². The largest absolute Gasteiger partial charge is 0.395 e. The highest BCUT2D eigenvalue weighted by Crippen LogP contribution is 2.40. The molecule has 0 spiro atoms. The zero-order chi connectivity index (χ0) is 24.6. The van der Waals surface area contributed by atoms with Crippen molar-refractivity contribution < 1.29 is 9.90 Å². The third-order valence-corrected chi connectivity index (χ3v) is 8.90. The van der Waals surface area contributed by atoms with E-state index >= 15 is 0 Å². The molecule has 1 saturated carbocycles. The Labute approximate surface area is 208 Å². The van der Waals surface area contributed by atoms with Gasteiger partial charge in [-0.2, -0.15) is 5.10 Å². The molecule has 1 amide bonds. The van der Waals surface area contributed by atoms with Crippen LogP contribution < -0.4 is 4.90 Å². The van der Waals surface area contributed by atoms with Gasteiger partial charge >= 0.3 is 0 Å². The van der Waals surface area contributed by atoms with Crippen LogP contribution in [0.25, 0.3) is 22.3 Å². The van der Waals surface area contributed by atoms with Gasteiger partial charge in [0.2, 0.25) is 5.91 Å². The normalized spacial score (nSPS) is 21.7. The minimum atomic E-state index is -0.0484. The van der Waals surface area contributed by atoms with Crippen LogP contribution in [0.4, 0.5) is 5.69 Å². The standard InChI is InChI=1S/C29H40N4O2/c1-4-29(3)13-12-23-26(18-29)31-32-27(23)25-16-21-10-11-22(17-24(21)30-25)33(14-15-34)28(35)19(2)20-8-6-5-7-9-20/h10-11,16-17,19-20,30,34H,4-9,12-15,18H2,1-3H3,(H,31,32). The van der Waals surface area contributed by atoms with Crippen LogP contribution >= 0.6 is 0 Å². The minimum Gasteiger partial charge on any atom is -0.395 e. The lowest BCUT2D eigenvalue weighted by molar-refractivity contribution is -0.124.